The van der Waals surface area contributed by atoms with E-state index in [4.69, 9.17) is 4.42 Å². The van der Waals surface area contributed by atoms with E-state index in [-0.39, 0.29) is 23.9 Å². The number of anilines is 1. The Hall–Kier alpha value is -3.87. The van der Waals surface area contributed by atoms with Gasteiger partial charge in [0, 0.05) is 42.0 Å². The summed E-state index contributed by atoms with van der Waals surface area (Å²) in [6.45, 7) is 0. The number of amides is 2. The van der Waals surface area contributed by atoms with Gasteiger partial charge in [0.25, 0.3) is 11.8 Å². The molecule has 2 unspecified atom stereocenters. The lowest BCUT2D eigenvalue weighted by Crippen LogP contribution is -2.46. The highest BCUT2D eigenvalue weighted by Crippen LogP contribution is 2.41. The predicted octanol–water partition coefficient (Wildman–Crippen LogP) is 5.04. The van der Waals surface area contributed by atoms with E-state index in [2.05, 4.69) is 33.5 Å². The minimum atomic E-state index is -0.240. The van der Waals surface area contributed by atoms with Crippen LogP contribution in [0.3, 0.4) is 0 Å². The van der Waals surface area contributed by atoms with Gasteiger partial charge >= 0.3 is 0 Å². The summed E-state index contributed by atoms with van der Waals surface area (Å²) in [5, 5.41) is 8.06. The molecule has 2 bridgehead atoms. The number of nitrogens with zero attached hydrogens (tertiary/aromatic N) is 3. The van der Waals surface area contributed by atoms with E-state index in [1.807, 2.05) is 24.3 Å². The summed E-state index contributed by atoms with van der Waals surface area (Å²) >= 11 is 0. The third kappa shape index (κ3) is 4.22. The Balaban J connectivity index is 1.13. The molecule has 35 heavy (non-hydrogen) atoms. The molecule has 2 aromatic carbocycles. The lowest BCUT2D eigenvalue weighted by atomic mass is 9.85. The number of aromatic nitrogens is 2. The Morgan fingerprint density at radius 2 is 1.89 bits per heavy atom. The van der Waals surface area contributed by atoms with Crippen LogP contribution in [0.4, 0.5) is 5.69 Å². The lowest BCUT2D eigenvalue weighted by molar-refractivity contribution is 0.0524. The van der Waals surface area contributed by atoms with Crippen molar-refractivity contribution in [3.8, 4) is 0 Å². The molecule has 2 aliphatic rings. The Morgan fingerprint density at radius 1 is 1.06 bits per heavy atom. The third-order valence-electron chi connectivity index (χ3n) is 7.44. The van der Waals surface area contributed by atoms with Gasteiger partial charge in [-0.15, -0.1) is 0 Å². The summed E-state index contributed by atoms with van der Waals surface area (Å²) in [6.07, 6.45) is 10.1. The van der Waals surface area contributed by atoms with Gasteiger partial charge in [-0.3, -0.25) is 14.3 Å². The number of piperidine rings is 1. The number of furan rings is 1. The summed E-state index contributed by atoms with van der Waals surface area (Å²) in [7, 11) is 1.77. The maximum absolute atomic E-state index is 13.5. The normalized spacial score (nSPS) is 21.4. The zero-order chi connectivity index (χ0) is 23.9. The quantitative estimate of drug-likeness (QED) is 0.445. The Bertz CT molecular complexity index is 1390. The Kier molecular flexibility index (Phi) is 5.40. The maximum atomic E-state index is 13.5. The van der Waals surface area contributed by atoms with Crippen molar-refractivity contribution < 1.29 is 14.0 Å². The van der Waals surface area contributed by atoms with Crippen molar-refractivity contribution >= 4 is 28.5 Å². The van der Waals surface area contributed by atoms with Crippen LogP contribution < -0.4 is 5.32 Å². The molecule has 1 N–H and O–H groups in total. The van der Waals surface area contributed by atoms with E-state index in [1.54, 1.807) is 30.3 Å². The van der Waals surface area contributed by atoms with Gasteiger partial charge in [0.1, 0.15) is 5.58 Å². The molecule has 2 aromatic heterocycles. The molecular weight excluding hydrogens is 440 g/mol. The standard InChI is InChI=1S/C28H28N4O3/c1-31-17-22(16-29-31)27(33)30-23-4-2-3-21(15-23)28(34)32-24-7-8-25(32)13-19(12-24)11-18-5-6-20-9-10-35-26(20)14-18/h2-6,9-10,14-17,19,24-25H,7-8,11-13H2,1H3,(H,30,33). The van der Waals surface area contributed by atoms with Crippen molar-refractivity contribution in [2.75, 3.05) is 5.32 Å². The second-order valence-electron chi connectivity index (χ2n) is 9.87. The number of hydrogen-bond donors (Lipinski definition) is 1. The Labute approximate surface area is 203 Å². The average Bonchev–Trinajstić information content (AvgIpc) is 3.56. The zero-order valence-corrected chi connectivity index (χ0v) is 19.7. The van der Waals surface area contributed by atoms with E-state index in [9.17, 15) is 9.59 Å². The van der Waals surface area contributed by atoms with Crippen LogP contribution in [-0.4, -0.2) is 38.6 Å². The molecule has 0 aliphatic carbocycles. The SMILES string of the molecule is Cn1cc(C(=O)Nc2cccc(C(=O)N3C4CCC3CC(Cc3ccc5ccoc5c3)C4)c2)cn1. The number of rotatable bonds is 5. The molecule has 7 nitrogen and oxygen atoms in total. The van der Waals surface area contributed by atoms with Crippen molar-refractivity contribution in [3.63, 3.8) is 0 Å². The fraction of sp³-hybridized carbons (Fsp3) is 0.321. The fourth-order valence-electron chi connectivity index (χ4n) is 5.87. The molecule has 2 saturated heterocycles. The minimum absolute atomic E-state index is 0.0606. The van der Waals surface area contributed by atoms with Crippen LogP contribution in [0.15, 0.2) is 71.6 Å². The molecule has 178 valence electrons. The number of benzene rings is 2. The van der Waals surface area contributed by atoms with Gasteiger partial charge in [-0.25, -0.2) is 0 Å². The summed E-state index contributed by atoms with van der Waals surface area (Å²) in [5.74, 6) is 0.385. The predicted molar refractivity (Wildman–Crippen MR) is 133 cm³/mol. The van der Waals surface area contributed by atoms with Crippen LogP contribution >= 0.6 is 0 Å². The molecule has 0 spiro atoms. The zero-order valence-electron chi connectivity index (χ0n) is 19.7. The van der Waals surface area contributed by atoms with Gasteiger partial charge in [0.15, 0.2) is 0 Å². The van der Waals surface area contributed by atoms with Gasteiger partial charge < -0.3 is 14.6 Å². The maximum Gasteiger partial charge on any atom is 0.258 e. The summed E-state index contributed by atoms with van der Waals surface area (Å²) in [4.78, 5) is 28.1. The van der Waals surface area contributed by atoms with Gasteiger partial charge in [-0.2, -0.15) is 5.10 Å². The second kappa shape index (κ2) is 8.73. The van der Waals surface area contributed by atoms with E-state index in [0.717, 1.165) is 43.1 Å². The number of fused-ring (bicyclic) bond motifs is 3. The van der Waals surface area contributed by atoms with Crippen molar-refractivity contribution in [3.05, 3.63) is 83.9 Å². The topological polar surface area (TPSA) is 80.4 Å². The summed E-state index contributed by atoms with van der Waals surface area (Å²) < 4.78 is 7.16. The van der Waals surface area contributed by atoms with E-state index in [0.29, 0.717) is 22.7 Å². The van der Waals surface area contributed by atoms with Gasteiger partial charge in [-0.05, 0) is 73.9 Å². The first kappa shape index (κ1) is 21.6. The highest BCUT2D eigenvalue weighted by Gasteiger charge is 2.43. The van der Waals surface area contributed by atoms with Crippen LogP contribution in [0.1, 0.15) is 52.0 Å². The smallest absolute Gasteiger partial charge is 0.258 e. The molecule has 4 heterocycles. The van der Waals surface area contributed by atoms with Gasteiger partial charge in [0.2, 0.25) is 0 Å². The Morgan fingerprint density at radius 3 is 2.66 bits per heavy atom. The number of hydrogen-bond acceptors (Lipinski definition) is 4. The van der Waals surface area contributed by atoms with Crippen molar-refractivity contribution in [1.29, 1.82) is 0 Å². The first-order chi connectivity index (χ1) is 17.0. The average molecular weight is 469 g/mol. The van der Waals surface area contributed by atoms with Crippen LogP contribution in [0.5, 0.6) is 0 Å². The lowest BCUT2D eigenvalue weighted by Gasteiger charge is -2.39. The van der Waals surface area contributed by atoms with E-state index in [1.165, 1.54) is 11.8 Å². The number of aryl methyl sites for hydroxylation is 1. The van der Waals surface area contributed by atoms with Crippen molar-refractivity contribution in [1.82, 2.24) is 14.7 Å². The third-order valence-corrected chi connectivity index (χ3v) is 7.44. The van der Waals surface area contributed by atoms with E-state index < -0.39 is 0 Å². The summed E-state index contributed by atoms with van der Waals surface area (Å²) in [6, 6.07) is 16.3. The highest BCUT2D eigenvalue weighted by molar-refractivity contribution is 6.05. The van der Waals surface area contributed by atoms with Gasteiger partial charge in [-0.1, -0.05) is 18.2 Å². The van der Waals surface area contributed by atoms with Crippen LogP contribution in [0.25, 0.3) is 11.0 Å². The molecule has 0 radical (unpaired) electrons. The largest absolute Gasteiger partial charge is 0.464 e. The first-order valence-corrected chi connectivity index (χ1v) is 12.2. The highest BCUT2D eigenvalue weighted by atomic mass is 16.3. The summed E-state index contributed by atoms with van der Waals surface area (Å²) in [5.41, 5.74) is 3.95. The molecule has 2 aliphatic heterocycles. The van der Waals surface area contributed by atoms with Crippen LogP contribution in [-0.2, 0) is 13.5 Å². The fourth-order valence-corrected chi connectivity index (χ4v) is 5.87. The first-order valence-electron chi connectivity index (χ1n) is 12.2. The number of nitrogens with one attached hydrogen (secondary N) is 1. The minimum Gasteiger partial charge on any atom is -0.464 e. The molecule has 2 atom stereocenters. The van der Waals surface area contributed by atoms with Crippen LogP contribution in [0.2, 0.25) is 0 Å². The van der Waals surface area contributed by atoms with E-state index >= 15 is 0 Å². The van der Waals surface area contributed by atoms with Crippen LogP contribution in [0, 0.1) is 5.92 Å². The molecule has 0 saturated carbocycles. The monoisotopic (exact) mass is 468 g/mol. The molecule has 6 rings (SSSR count). The molecule has 4 aromatic rings. The molecule has 2 amide bonds. The molecule has 7 heteroatoms. The van der Waals surface area contributed by atoms with Gasteiger partial charge in [0.05, 0.1) is 18.0 Å². The molecule has 2 fully saturated rings. The van der Waals surface area contributed by atoms with Crippen molar-refractivity contribution in [2.45, 2.75) is 44.2 Å². The number of carbonyl (C=O) groups is 2. The number of carbonyl (C=O) groups excluding carboxylic acids is 2. The van der Waals surface area contributed by atoms with Crippen molar-refractivity contribution in [2.24, 2.45) is 13.0 Å². The second-order valence-corrected chi connectivity index (χ2v) is 9.87. The molecular formula is C28H28N4O3.